The average Bonchev–Trinajstić information content (AvgIpc) is 0.769. The minimum absolute atomic E-state index is 0.200. The van der Waals surface area contributed by atoms with Crippen molar-refractivity contribution in [1.82, 2.24) is 5.32 Å². The van der Waals surface area contributed by atoms with Gasteiger partial charge in [-0.15, -0.1) is 0 Å². The molecule has 0 aromatic carbocycles. The van der Waals surface area contributed by atoms with E-state index in [0.29, 0.717) is 12.8 Å². The summed E-state index contributed by atoms with van der Waals surface area (Å²) in [6.45, 7) is 2.81. The van der Waals surface area contributed by atoms with Gasteiger partial charge in [0.05, 0.1) is 32.0 Å². The zero-order chi connectivity index (χ0) is 75.8. The lowest BCUT2D eigenvalue weighted by Gasteiger charge is -2.46. The van der Waals surface area contributed by atoms with Crippen LogP contribution in [0.4, 0.5) is 0 Å². The van der Waals surface area contributed by atoms with Crippen LogP contribution < -0.4 is 5.32 Å². The molecule has 105 heavy (non-hydrogen) atoms. The monoisotopic (exact) mass is 1480 g/mol. The minimum Gasteiger partial charge on any atom is -0.394 e. The molecular formula is C91H165NO13. The Morgan fingerprint density at radius 3 is 1.01 bits per heavy atom. The molecule has 2 rings (SSSR count). The molecule has 0 bridgehead atoms. The van der Waals surface area contributed by atoms with Crippen molar-refractivity contribution in [3.63, 3.8) is 0 Å². The third kappa shape index (κ3) is 56.1. The van der Waals surface area contributed by atoms with Crippen molar-refractivity contribution in [3.8, 4) is 0 Å². The van der Waals surface area contributed by atoms with E-state index in [0.717, 1.165) is 96.3 Å². The lowest BCUT2D eigenvalue weighted by Crippen LogP contribution is -2.65. The smallest absolute Gasteiger partial charge is 0.220 e. The molecule has 9 N–H and O–H groups in total. The van der Waals surface area contributed by atoms with Crippen LogP contribution in [0.15, 0.2) is 85.1 Å². The Hall–Kier alpha value is -2.83. The summed E-state index contributed by atoms with van der Waals surface area (Å²) in [5.74, 6) is -0.200. The predicted octanol–water partition coefficient (Wildman–Crippen LogP) is 21.4. The van der Waals surface area contributed by atoms with Gasteiger partial charge >= 0.3 is 0 Å². The Morgan fingerprint density at radius 2 is 0.657 bits per heavy atom. The Balaban J connectivity index is 1.56. The van der Waals surface area contributed by atoms with Crippen LogP contribution in [0.1, 0.15) is 393 Å². The number of aliphatic hydroxyl groups is 8. The summed E-state index contributed by atoms with van der Waals surface area (Å²) in [7, 11) is 0. The van der Waals surface area contributed by atoms with Crippen LogP contribution >= 0.6 is 0 Å². The van der Waals surface area contributed by atoms with Gasteiger partial charge in [0.15, 0.2) is 12.6 Å². The quantitative estimate of drug-likeness (QED) is 0.0204. The first kappa shape index (κ1) is 98.2. The van der Waals surface area contributed by atoms with Gasteiger partial charge in [0.2, 0.25) is 5.91 Å². The van der Waals surface area contributed by atoms with E-state index < -0.39 is 86.8 Å². The Labute approximate surface area is 643 Å². The molecule has 12 unspecified atom stereocenters. The Bertz CT molecular complexity index is 2090. The van der Waals surface area contributed by atoms with Crippen molar-refractivity contribution in [2.24, 2.45) is 0 Å². The van der Waals surface area contributed by atoms with E-state index in [1.807, 2.05) is 0 Å². The van der Waals surface area contributed by atoms with Gasteiger partial charge in [-0.25, -0.2) is 0 Å². The molecule has 0 aromatic heterocycles. The fourth-order valence-corrected chi connectivity index (χ4v) is 14.5. The highest BCUT2D eigenvalue weighted by Crippen LogP contribution is 2.31. The van der Waals surface area contributed by atoms with Crippen LogP contribution in [0.3, 0.4) is 0 Å². The van der Waals surface area contributed by atoms with Crippen LogP contribution in [0.25, 0.3) is 0 Å². The van der Waals surface area contributed by atoms with Gasteiger partial charge in [-0.2, -0.15) is 0 Å². The maximum absolute atomic E-state index is 13.4. The minimum atomic E-state index is -1.79. The van der Waals surface area contributed by atoms with E-state index in [2.05, 4.69) is 104 Å². The number of rotatable bonds is 75. The second-order valence-electron chi connectivity index (χ2n) is 31.0. The van der Waals surface area contributed by atoms with Crippen molar-refractivity contribution >= 4 is 5.91 Å². The third-order valence-corrected chi connectivity index (χ3v) is 21.4. The summed E-state index contributed by atoms with van der Waals surface area (Å²) in [5.41, 5.74) is 0. The highest BCUT2D eigenvalue weighted by molar-refractivity contribution is 5.76. The molecule has 1 amide bonds. The first-order valence-electron chi connectivity index (χ1n) is 44.3. The summed E-state index contributed by atoms with van der Waals surface area (Å²) in [6, 6.07) is -0.833. The molecule has 2 saturated heterocycles. The number of unbranched alkanes of at least 4 members (excludes halogenated alkanes) is 48. The fraction of sp³-hybridized carbons (Fsp3) is 0.835. The van der Waals surface area contributed by atoms with Crippen LogP contribution in [-0.4, -0.2) is 140 Å². The molecule has 14 heteroatoms. The molecule has 2 heterocycles. The lowest BCUT2D eigenvalue weighted by molar-refractivity contribution is -0.359. The standard InChI is InChI=1S/C91H165NO13/c1-3-5-7-9-11-13-15-17-19-21-23-25-27-29-31-33-35-36-37-38-39-40-41-42-43-44-45-47-49-51-53-55-57-59-61-63-65-67-69-71-73-75-83(96)92-79(78-102-90-88(101)86(99)89(82(77-94)104-90)105-91-87(100)85(98)84(97)81(76-93)103-91)80(95)74-72-70-68-66-64-62-60-58-56-54-52-50-48-46-34-32-30-28-26-24-22-20-18-16-14-12-10-8-6-4-2/h5,7,11,13,17,19,23,25,29,31,35-36,38-39,79-82,84-91,93-95,97-101H,3-4,6,8-10,12,14-16,18,20-22,24,26-28,30,32-34,37,40-78H2,1-2H3,(H,92,96)/b7-5-,13-11-,19-17-,25-23-,31-29-,36-35-,39-38-. The molecule has 0 saturated carbocycles. The maximum Gasteiger partial charge on any atom is 0.220 e. The van der Waals surface area contributed by atoms with E-state index in [-0.39, 0.29) is 12.5 Å². The molecule has 0 radical (unpaired) electrons. The molecule has 14 nitrogen and oxygen atoms in total. The van der Waals surface area contributed by atoms with Crippen molar-refractivity contribution in [1.29, 1.82) is 0 Å². The van der Waals surface area contributed by atoms with Gasteiger partial charge in [0.25, 0.3) is 0 Å². The second kappa shape index (κ2) is 73.9. The van der Waals surface area contributed by atoms with E-state index in [9.17, 15) is 45.6 Å². The predicted molar refractivity (Wildman–Crippen MR) is 438 cm³/mol. The number of aliphatic hydroxyl groups excluding tert-OH is 8. The normalized spacial score (nSPS) is 21.8. The molecule has 12 atom stereocenters. The van der Waals surface area contributed by atoms with Gasteiger partial charge < -0.3 is 65.1 Å². The van der Waals surface area contributed by atoms with Crippen molar-refractivity contribution in [2.75, 3.05) is 19.8 Å². The number of nitrogens with one attached hydrogen (secondary N) is 1. The van der Waals surface area contributed by atoms with E-state index >= 15 is 0 Å². The molecular weight excluding hydrogens is 1310 g/mol. The topological polar surface area (TPSA) is 228 Å². The highest BCUT2D eigenvalue weighted by Gasteiger charge is 2.51. The van der Waals surface area contributed by atoms with Gasteiger partial charge in [0, 0.05) is 6.42 Å². The van der Waals surface area contributed by atoms with Crippen molar-refractivity contribution < 1.29 is 64.6 Å². The number of hydrogen-bond donors (Lipinski definition) is 9. The van der Waals surface area contributed by atoms with Gasteiger partial charge in [0.1, 0.15) is 48.8 Å². The van der Waals surface area contributed by atoms with Crippen LogP contribution in [0.5, 0.6) is 0 Å². The Kier molecular flexibility index (Phi) is 69.2. The second-order valence-corrected chi connectivity index (χ2v) is 31.0. The molecule has 612 valence electrons. The first-order chi connectivity index (χ1) is 51.6. The molecule has 0 aromatic rings. The summed E-state index contributed by atoms with van der Waals surface area (Å²) in [4.78, 5) is 13.4. The number of ether oxygens (including phenoxy) is 4. The molecule has 0 spiro atoms. The SMILES string of the molecule is CC/C=C\C/C=C\C/C=C\C/C=C\C/C=C\C/C=C\C/C=C\CCCCCCCCCCCCCCCCCCCCCC(=O)NC(COC1OC(CO)C(OC2OC(CO)C(O)C(O)C2O)C(O)C1O)C(O)CCCCCCCCCCCCCCCCCCCCCCCCCCCCCCCC. The summed E-state index contributed by atoms with van der Waals surface area (Å²) in [6.07, 6.45) is 87.9. The van der Waals surface area contributed by atoms with Crippen LogP contribution in [0.2, 0.25) is 0 Å². The largest absolute Gasteiger partial charge is 0.394 e. The van der Waals surface area contributed by atoms with Gasteiger partial charge in [-0.1, -0.05) is 401 Å². The van der Waals surface area contributed by atoms with Crippen molar-refractivity contribution in [2.45, 2.75) is 466 Å². The number of allylic oxidation sites excluding steroid dienone is 14. The number of carbonyl (C=O) groups excluding carboxylic acids is 1. The molecule has 2 aliphatic heterocycles. The number of amides is 1. The van der Waals surface area contributed by atoms with Crippen LogP contribution in [-0.2, 0) is 23.7 Å². The highest BCUT2D eigenvalue weighted by atomic mass is 16.7. The van der Waals surface area contributed by atoms with Gasteiger partial charge in [-0.05, 0) is 70.6 Å². The maximum atomic E-state index is 13.4. The summed E-state index contributed by atoms with van der Waals surface area (Å²) < 4.78 is 23.0. The summed E-state index contributed by atoms with van der Waals surface area (Å²) in [5, 5.41) is 88.0. The summed E-state index contributed by atoms with van der Waals surface area (Å²) >= 11 is 0. The lowest BCUT2D eigenvalue weighted by atomic mass is 9.97. The zero-order valence-electron chi connectivity index (χ0n) is 67.5. The Morgan fingerprint density at radius 1 is 0.352 bits per heavy atom. The third-order valence-electron chi connectivity index (χ3n) is 21.4. The van der Waals surface area contributed by atoms with Gasteiger partial charge in [-0.3, -0.25) is 4.79 Å². The number of carbonyl (C=O) groups is 1. The molecule has 0 aliphatic carbocycles. The fourth-order valence-electron chi connectivity index (χ4n) is 14.5. The van der Waals surface area contributed by atoms with E-state index in [1.54, 1.807) is 0 Å². The zero-order valence-corrected chi connectivity index (χ0v) is 67.5. The van der Waals surface area contributed by atoms with Crippen molar-refractivity contribution in [3.05, 3.63) is 85.1 Å². The van der Waals surface area contributed by atoms with E-state index in [4.69, 9.17) is 18.9 Å². The first-order valence-corrected chi connectivity index (χ1v) is 44.3. The van der Waals surface area contributed by atoms with E-state index in [1.165, 1.54) is 270 Å². The average molecular weight is 1480 g/mol. The molecule has 2 aliphatic rings. The molecule has 2 fully saturated rings. The van der Waals surface area contributed by atoms with Crippen LogP contribution in [0, 0.1) is 0 Å². The number of hydrogen-bond acceptors (Lipinski definition) is 13.